The quantitative estimate of drug-likeness (QED) is 0.780. The number of nitrogens with zero attached hydrogens (tertiary/aromatic N) is 2. The second-order valence-corrected chi connectivity index (χ2v) is 5.46. The fourth-order valence-electron chi connectivity index (χ4n) is 2.46. The number of halogens is 4. The summed E-state index contributed by atoms with van der Waals surface area (Å²) in [7, 11) is 0. The second-order valence-electron chi connectivity index (χ2n) is 5.46. The molecule has 1 aliphatic rings. The van der Waals surface area contributed by atoms with Crippen molar-refractivity contribution in [3.05, 3.63) is 24.3 Å². The van der Waals surface area contributed by atoms with Crippen LogP contribution in [0.5, 0.6) is 5.75 Å². The van der Waals surface area contributed by atoms with Crippen LogP contribution in [0.2, 0.25) is 0 Å². The van der Waals surface area contributed by atoms with Crippen molar-refractivity contribution >= 4 is 24.0 Å². The highest BCUT2D eigenvalue weighted by molar-refractivity contribution is 5.92. The van der Waals surface area contributed by atoms with E-state index < -0.39 is 6.36 Å². The number of alkyl halides is 3. The largest absolute Gasteiger partial charge is 0.573 e. The molecule has 0 aromatic heterocycles. The van der Waals surface area contributed by atoms with Gasteiger partial charge >= 0.3 is 6.36 Å². The molecule has 1 aromatic carbocycles. The van der Waals surface area contributed by atoms with Crippen molar-refractivity contribution in [2.24, 2.45) is 0 Å². The lowest BCUT2D eigenvalue weighted by molar-refractivity contribution is -0.274. The Morgan fingerprint density at radius 3 is 2.20 bits per heavy atom. The van der Waals surface area contributed by atoms with Crippen molar-refractivity contribution in [2.75, 3.05) is 51.2 Å². The number of benzene rings is 1. The minimum absolute atomic E-state index is 0. The predicted molar refractivity (Wildman–Crippen MR) is 89.0 cm³/mol. The van der Waals surface area contributed by atoms with Crippen LogP contribution >= 0.6 is 12.4 Å². The van der Waals surface area contributed by atoms with E-state index in [4.69, 9.17) is 5.11 Å². The maximum Gasteiger partial charge on any atom is 0.573 e. The van der Waals surface area contributed by atoms with Crippen molar-refractivity contribution in [3.63, 3.8) is 0 Å². The van der Waals surface area contributed by atoms with Gasteiger partial charge in [0, 0.05) is 38.4 Å². The van der Waals surface area contributed by atoms with Crippen LogP contribution < -0.4 is 10.1 Å². The zero-order valence-corrected chi connectivity index (χ0v) is 14.3. The molecule has 0 radical (unpaired) electrons. The summed E-state index contributed by atoms with van der Waals surface area (Å²) in [6, 6.07) is 5.02. The van der Waals surface area contributed by atoms with Crippen molar-refractivity contribution in [1.82, 2.24) is 9.80 Å². The topological polar surface area (TPSA) is 65.0 Å². The number of β-amino-alcohol motifs (C(OH)–C–C–N with tert-alkyl or cyclic N) is 1. The molecule has 2 N–H and O–H groups in total. The van der Waals surface area contributed by atoms with Gasteiger partial charge in [0.25, 0.3) is 0 Å². The molecule has 6 nitrogen and oxygen atoms in total. The standard InChI is InChI=1S/C15H20F3N3O3.ClH/c16-15(17,18)24-13-3-1-12(2-4-13)19-14(23)11-21-7-5-20(6-8-21)9-10-22;/h1-4,22H,5-11H2,(H,19,23);1H. The molecule has 0 bridgehead atoms. The number of piperazine rings is 1. The van der Waals surface area contributed by atoms with E-state index in [2.05, 4.69) is 15.0 Å². The molecule has 0 spiro atoms. The Morgan fingerprint density at radius 2 is 1.68 bits per heavy atom. The molecule has 0 aliphatic carbocycles. The van der Waals surface area contributed by atoms with Crippen LogP contribution in [0.4, 0.5) is 18.9 Å². The maximum absolute atomic E-state index is 12.1. The molecular weight excluding hydrogens is 363 g/mol. The molecule has 1 aromatic rings. The van der Waals surface area contributed by atoms with Gasteiger partial charge in [-0.3, -0.25) is 14.6 Å². The van der Waals surface area contributed by atoms with E-state index in [1.54, 1.807) is 0 Å². The number of carbonyl (C=O) groups excluding carboxylic acids is 1. The van der Waals surface area contributed by atoms with E-state index in [0.717, 1.165) is 38.3 Å². The summed E-state index contributed by atoms with van der Waals surface area (Å²) in [5.41, 5.74) is 0.411. The number of aliphatic hydroxyl groups excluding tert-OH is 1. The first-order valence-corrected chi connectivity index (χ1v) is 7.57. The number of hydrogen-bond acceptors (Lipinski definition) is 5. The third-order valence-electron chi connectivity index (χ3n) is 3.62. The smallest absolute Gasteiger partial charge is 0.406 e. The van der Waals surface area contributed by atoms with E-state index in [0.29, 0.717) is 12.2 Å². The minimum atomic E-state index is -4.73. The van der Waals surface area contributed by atoms with Gasteiger partial charge in [0.15, 0.2) is 0 Å². The van der Waals surface area contributed by atoms with Crippen molar-refractivity contribution in [1.29, 1.82) is 0 Å². The van der Waals surface area contributed by atoms with Gasteiger partial charge in [-0.25, -0.2) is 0 Å². The number of hydrogen-bond donors (Lipinski definition) is 2. The number of nitrogens with one attached hydrogen (secondary N) is 1. The van der Waals surface area contributed by atoms with E-state index in [9.17, 15) is 18.0 Å². The van der Waals surface area contributed by atoms with Crippen molar-refractivity contribution in [2.45, 2.75) is 6.36 Å². The van der Waals surface area contributed by atoms with Crippen LogP contribution in [-0.4, -0.2) is 73.1 Å². The van der Waals surface area contributed by atoms with E-state index in [1.165, 1.54) is 12.1 Å². The molecule has 10 heteroatoms. The first kappa shape index (κ1) is 21.5. The van der Waals surface area contributed by atoms with Crippen LogP contribution in [0.1, 0.15) is 0 Å². The van der Waals surface area contributed by atoms with Crippen molar-refractivity contribution < 1.29 is 27.8 Å². The summed E-state index contributed by atoms with van der Waals surface area (Å²) < 4.78 is 40.0. The summed E-state index contributed by atoms with van der Waals surface area (Å²) in [5.74, 6) is -0.560. The van der Waals surface area contributed by atoms with Crippen LogP contribution in [0, 0.1) is 0 Å². The highest BCUT2D eigenvalue weighted by atomic mass is 35.5. The molecule has 1 amide bonds. The minimum Gasteiger partial charge on any atom is -0.406 e. The molecule has 1 saturated heterocycles. The molecular formula is C15H21ClF3N3O3. The number of amides is 1. The fourth-order valence-corrected chi connectivity index (χ4v) is 2.46. The van der Waals surface area contributed by atoms with Gasteiger partial charge in [0.2, 0.25) is 5.91 Å². The summed E-state index contributed by atoms with van der Waals surface area (Å²) >= 11 is 0. The Hall–Kier alpha value is -1.55. The Labute approximate surface area is 149 Å². The van der Waals surface area contributed by atoms with Crippen LogP contribution in [0.25, 0.3) is 0 Å². The Morgan fingerprint density at radius 1 is 1.12 bits per heavy atom. The third kappa shape index (κ3) is 7.91. The zero-order valence-electron chi connectivity index (χ0n) is 13.5. The Balaban J connectivity index is 0.00000312. The molecule has 25 heavy (non-hydrogen) atoms. The molecule has 2 rings (SSSR count). The van der Waals surface area contributed by atoms with Gasteiger partial charge in [-0.1, -0.05) is 0 Å². The molecule has 1 aliphatic heterocycles. The van der Waals surface area contributed by atoms with Gasteiger partial charge in [-0.2, -0.15) is 0 Å². The predicted octanol–water partition coefficient (Wildman–Crippen LogP) is 1.56. The van der Waals surface area contributed by atoms with E-state index >= 15 is 0 Å². The second kappa shape index (κ2) is 9.81. The lowest BCUT2D eigenvalue weighted by Crippen LogP contribution is -2.49. The van der Waals surface area contributed by atoms with E-state index in [1.807, 2.05) is 4.90 Å². The van der Waals surface area contributed by atoms with E-state index in [-0.39, 0.29) is 37.2 Å². The summed E-state index contributed by atoms with van der Waals surface area (Å²) in [5, 5.41) is 11.5. The van der Waals surface area contributed by atoms with Gasteiger partial charge in [-0.05, 0) is 24.3 Å². The molecule has 0 atom stereocenters. The molecule has 0 unspecified atom stereocenters. The lowest BCUT2D eigenvalue weighted by atomic mass is 10.3. The number of ether oxygens (including phenoxy) is 1. The Kier molecular flexibility index (Phi) is 8.43. The van der Waals surface area contributed by atoms with Crippen LogP contribution in [0.15, 0.2) is 24.3 Å². The first-order chi connectivity index (χ1) is 11.4. The first-order valence-electron chi connectivity index (χ1n) is 7.57. The Bertz CT molecular complexity index is 535. The third-order valence-corrected chi connectivity index (χ3v) is 3.62. The van der Waals surface area contributed by atoms with Crippen LogP contribution in [0.3, 0.4) is 0 Å². The molecule has 1 heterocycles. The van der Waals surface area contributed by atoms with Gasteiger partial charge in [0.05, 0.1) is 13.2 Å². The monoisotopic (exact) mass is 383 g/mol. The van der Waals surface area contributed by atoms with Gasteiger partial charge < -0.3 is 15.2 Å². The summed E-state index contributed by atoms with van der Waals surface area (Å²) in [6.45, 7) is 4.00. The fraction of sp³-hybridized carbons (Fsp3) is 0.533. The van der Waals surface area contributed by atoms with Gasteiger partial charge in [0.1, 0.15) is 5.75 Å². The number of aliphatic hydroxyl groups is 1. The summed E-state index contributed by atoms with van der Waals surface area (Å²) in [6.07, 6.45) is -4.73. The molecule has 1 fully saturated rings. The van der Waals surface area contributed by atoms with Crippen molar-refractivity contribution in [3.8, 4) is 5.75 Å². The van der Waals surface area contributed by atoms with Gasteiger partial charge in [-0.15, -0.1) is 25.6 Å². The molecule has 142 valence electrons. The highest BCUT2D eigenvalue weighted by Crippen LogP contribution is 2.23. The lowest BCUT2D eigenvalue weighted by Gasteiger charge is -2.33. The zero-order chi connectivity index (χ0) is 17.6. The summed E-state index contributed by atoms with van der Waals surface area (Å²) in [4.78, 5) is 16.1. The SMILES string of the molecule is Cl.O=C(CN1CCN(CCO)CC1)Nc1ccc(OC(F)(F)F)cc1. The van der Waals surface area contributed by atoms with Crippen LogP contribution in [-0.2, 0) is 4.79 Å². The number of carbonyl (C=O) groups is 1. The highest BCUT2D eigenvalue weighted by Gasteiger charge is 2.31. The average molecular weight is 384 g/mol. The number of rotatable bonds is 6. The molecule has 0 saturated carbocycles. The maximum atomic E-state index is 12.1. The number of anilines is 1. The average Bonchev–Trinajstić information content (AvgIpc) is 2.50. The normalized spacial score (nSPS) is 16.2.